The van der Waals surface area contributed by atoms with E-state index in [1.54, 1.807) is 12.3 Å². The molecule has 24 heavy (non-hydrogen) atoms. The molecule has 0 bridgehead atoms. The molecular formula is C13H8FN7O2S. The zero-order chi connectivity index (χ0) is 16.8. The van der Waals surface area contributed by atoms with Crippen LogP contribution in [0.4, 0.5) is 4.39 Å². The number of thiol groups is 1. The summed E-state index contributed by atoms with van der Waals surface area (Å²) in [6.07, 6.45) is 5.63. The largest absolute Gasteiger partial charge is 0.363 e. The van der Waals surface area contributed by atoms with Crippen molar-refractivity contribution < 1.29 is 4.39 Å². The summed E-state index contributed by atoms with van der Waals surface area (Å²) in [5.74, 6) is -0.278. The van der Waals surface area contributed by atoms with Crippen LogP contribution in [0, 0.1) is 5.82 Å². The van der Waals surface area contributed by atoms with Gasteiger partial charge in [-0.15, -0.1) is 0 Å². The van der Waals surface area contributed by atoms with Gasteiger partial charge in [0.15, 0.2) is 5.82 Å². The van der Waals surface area contributed by atoms with Gasteiger partial charge in [-0.2, -0.15) is 13.8 Å². The molecule has 120 valence electrons. The molecule has 4 aromatic heterocycles. The van der Waals surface area contributed by atoms with Crippen molar-refractivity contribution in [3.8, 4) is 11.5 Å². The van der Waals surface area contributed by atoms with Crippen LogP contribution in [0.25, 0.3) is 22.4 Å². The molecule has 4 rings (SSSR count). The molecule has 4 aromatic rings. The van der Waals surface area contributed by atoms with Crippen molar-refractivity contribution >= 4 is 23.7 Å². The topological polar surface area (TPSA) is 103 Å². The summed E-state index contributed by atoms with van der Waals surface area (Å²) in [5, 5.41) is 7.24. The van der Waals surface area contributed by atoms with Crippen LogP contribution in [0.3, 0.4) is 0 Å². The molecule has 0 aliphatic rings. The highest BCUT2D eigenvalue weighted by Gasteiger charge is 2.11. The SMILES string of the molecule is O=c1[nH]n(-c2cc3cn(-c4cncc(F)c4)nc3cn2)c(=O)n1S. The summed E-state index contributed by atoms with van der Waals surface area (Å²) >= 11 is 3.77. The van der Waals surface area contributed by atoms with E-state index in [1.165, 1.54) is 23.1 Å². The Bertz CT molecular complexity index is 1190. The summed E-state index contributed by atoms with van der Waals surface area (Å²) in [6, 6.07) is 2.85. The zero-order valence-electron chi connectivity index (χ0n) is 11.8. The van der Waals surface area contributed by atoms with Crippen LogP contribution in [0.2, 0.25) is 0 Å². The van der Waals surface area contributed by atoms with E-state index in [1.807, 2.05) is 0 Å². The van der Waals surface area contributed by atoms with Crippen LogP contribution in [0.5, 0.6) is 0 Å². The fourth-order valence-electron chi connectivity index (χ4n) is 2.22. The van der Waals surface area contributed by atoms with Crippen molar-refractivity contribution in [1.82, 2.24) is 33.5 Å². The molecule has 0 fully saturated rings. The Balaban J connectivity index is 1.86. The van der Waals surface area contributed by atoms with Gasteiger partial charge in [-0.05, 0) is 6.07 Å². The zero-order valence-corrected chi connectivity index (χ0v) is 12.7. The number of fused-ring (bicyclic) bond motifs is 1. The first kappa shape index (κ1) is 14.4. The molecule has 0 saturated carbocycles. The Morgan fingerprint density at radius 2 is 2.00 bits per heavy atom. The van der Waals surface area contributed by atoms with Gasteiger partial charge in [-0.1, -0.05) is 12.8 Å². The highest BCUT2D eigenvalue weighted by molar-refractivity contribution is 7.78. The number of aromatic nitrogens is 7. The Kier molecular flexibility index (Phi) is 3.09. The Labute approximate surface area is 137 Å². The van der Waals surface area contributed by atoms with E-state index in [0.29, 0.717) is 20.6 Å². The van der Waals surface area contributed by atoms with E-state index in [2.05, 4.69) is 33.0 Å². The monoisotopic (exact) mass is 345 g/mol. The molecule has 0 aromatic carbocycles. The van der Waals surface area contributed by atoms with Crippen LogP contribution < -0.4 is 11.4 Å². The number of hydrogen-bond donors (Lipinski definition) is 2. The number of H-pyrrole nitrogens is 1. The van der Waals surface area contributed by atoms with Gasteiger partial charge in [0.1, 0.15) is 11.3 Å². The predicted molar refractivity (Wildman–Crippen MR) is 85.2 cm³/mol. The van der Waals surface area contributed by atoms with Gasteiger partial charge in [-0.25, -0.2) is 28.7 Å². The van der Waals surface area contributed by atoms with Crippen molar-refractivity contribution in [2.24, 2.45) is 0 Å². The molecule has 0 amide bonds. The quantitative estimate of drug-likeness (QED) is 0.508. The van der Waals surface area contributed by atoms with Crippen molar-refractivity contribution in [3.05, 3.63) is 63.7 Å². The van der Waals surface area contributed by atoms with E-state index in [0.717, 1.165) is 10.9 Å². The lowest BCUT2D eigenvalue weighted by Gasteiger charge is -1.98. The second-order valence-corrected chi connectivity index (χ2v) is 5.28. The average Bonchev–Trinajstić information content (AvgIpc) is 3.11. The number of rotatable bonds is 2. The fourth-order valence-corrected chi connectivity index (χ4v) is 2.36. The Morgan fingerprint density at radius 1 is 1.17 bits per heavy atom. The summed E-state index contributed by atoms with van der Waals surface area (Å²) in [4.78, 5) is 31.2. The molecule has 11 heteroatoms. The van der Waals surface area contributed by atoms with E-state index in [4.69, 9.17) is 0 Å². The molecule has 0 unspecified atom stereocenters. The molecule has 1 N–H and O–H groups in total. The van der Waals surface area contributed by atoms with E-state index < -0.39 is 17.2 Å². The number of hydrogen-bond acceptors (Lipinski definition) is 6. The maximum Gasteiger partial charge on any atom is 0.363 e. The van der Waals surface area contributed by atoms with Gasteiger partial charge in [0.05, 0.1) is 24.3 Å². The molecule has 0 spiro atoms. The number of halogens is 1. The summed E-state index contributed by atoms with van der Waals surface area (Å²) in [7, 11) is 0. The Hall–Kier alpha value is -3.21. The summed E-state index contributed by atoms with van der Waals surface area (Å²) in [5.41, 5.74) is -0.368. The molecule has 0 aliphatic heterocycles. The minimum absolute atomic E-state index is 0.203. The summed E-state index contributed by atoms with van der Waals surface area (Å²) in [6.45, 7) is 0. The predicted octanol–water partition coefficient (Wildman–Crippen LogP) is 0.288. The van der Waals surface area contributed by atoms with Gasteiger partial charge in [0.25, 0.3) is 0 Å². The number of pyridine rings is 2. The van der Waals surface area contributed by atoms with Gasteiger partial charge < -0.3 is 0 Å². The molecule has 9 nitrogen and oxygen atoms in total. The van der Waals surface area contributed by atoms with Crippen LogP contribution in [-0.4, -0.2) is 33.5 Å². The number of nitrogens with one attached hydrogen (secondary N) is 1. The maximum absolute atomic E-state index is 13.3. The van der Waals surface area contributed by atoms with Gasteiger partial charge >= 0.3 is 11.4 Å². The molecule has 0 radical (unpaired) electrons. The van der Waals surface area contributed by atoms with Crippen molar-refractivity contribution in [1.29, 1.82) is 0 Å². The maximum atomic E-state index is 13.3. The first-order valence-corrected chi connectivity index (χ1v) is 7.03. The smallest absolute Gasteiger partial charge is 0.259 e. The highest BCUT2D eigenvalue weighted by Crippen LogP contribution is 2.16. The first-order chi connectivity index (χ1) is 11.5. The third-order valence-electron chi connectivity index (χ3n) is 3.33. The molecule has 0 saturated heterocycles. The average molecular weight is 345 g/mol. The second kappa shape index (κ2) is 5.16. The first-order valence-electron chi connectivity index (χ1n) is 6.63. The van der Waals surface area contributed by atoms with Crippen LogP contribution >= 0.6 is 12.8 Å². The molecular weight excluding hydrogens is 337 g/mol. The molecule has 0 aliphatic carbocycles. The number of nitrogens with zero attached hydrogens (tertiary/aromatic N) is 6. The van der Waals surface area contributed by atoms with Gasteiger partial charge in [0, 0.05) is 17.6 Å². The lowest BCUT2D eigenvalue weighted by molar-refractivity contribution is 0.618. The Morgan fingerprint density at radius 3 is 2.71 bits per heavy atom. The summed E-state index contributed by atoms with van der Waals surface area (Å²) < 4.78 is 16.3. The number of aromatic amines is 1. The van der Waals surface area contributed by atoms with Crippen molar-refractivity contribution in [3.63, 3.8) is 0 Å². The van der Waals surface area contributed by atoms with Gasteiger partial charge in [0.2, 0.25) is 0 Å². The van der Waals surface area contributed by atoms with Crippen molar-refractivity contribution in [2.45, 2.75) is 0 Å². The lowest BCUT2D eigenvalue weighted by Crippen LogP contribution is -2.22. The van der Waals surface area contributed by atoms with Crippen LogP contribution in [-0.2, 0) is 0 Å². The standard InChI is InChI=1S/C13H8FN7O2S/c14-8-2-9(4-15-3-8)19-6-7-1-11(16-5-10(7)17-19)20-13(23)21(24)12(22)18-20/h1-6,24H,(H,18,22). The van der Waals surface area contributed by atoms with E-state index >= 15 is 0 Å². The third-order valence-corrected chi connectivity index (χ3v) is 3.69. The normalized spacial score (nSPS) is 11.2. The van der Waals surface area contributed by atoms with Gasteiger partial charge in [-0.3, -0.25) is 4.98 Å². The van der Waals surface area contributed by atoms with Crippen molar-refractivity contribution in [2.75, 3.05) is 0 Å². The van der Waals surface area contributed by atoms with E-state index in [-0.39, 0.29) is 5.82 Å². The minimum Gasteiger partial charge on any atom is -0.259 e. The van der Waals surface area contributed by atoms with Crippen LogP contribution in [0.15, 0.2) is 46.5 Å². The third kappa shape index (κ3) is 2.22. The highest BCUT2D eigenvalue weighted by atomic mass is 32.1. The second-order valence-electron chi connectivity index (χ2n) is 4.88. The molecule has 4 heterocycles. The lowest BCUT2D eigenvalue weighted by atomic mass is 10.3. The molecule has 0 atom stereocenters. The van der Waals surface area contributed by atoms with Crippen LogP contribution in [0.1, 0.15) is 0 Å². The minimum atomic E-state index is -0.674. The van der Waals surface area contributed by atoms with E-state index in [9.17, 15) is 14.0 Å². The fraction of sp³-hybridized carbons (Fsp3) is 0.